The summed E-state index contributed by atoms with van der Waals surface area (Å²) < 4.78 is 34.6. The van der Waals surface area contributed by atoms with Gasteiger partial charge in [-0.3, -0.25) is 10.2 Å². The van der Waals surface area contributed by atoms with Gasteiger partial charge in [-0.05, 0) is 36.3 Å². The quantitative estimate of drug-likeness (QED) is 0.253. The molecule has 3 rings (SSSR count). The molecule has 11 heteroatoms. The molecule has 0 atom stereocenters. The summed E-state index contributed by atoms with van der Waals surface area (Å²) in [6.45, 7) is 1.52. The van der Waals surface area contributed by atoms with Crippen LogP contribution >= 0.6 is 11.6 Å². The molecule has 1 N–H and O–H groups in total. The molecule has 8 nitrogen and oxygen atoms in total. The number of halogens is 1. The zero-order valence-electron chi connectivity index (χ0n) is 14.9. The second-order valence-electron chi connectivity index (χ2n) is 5.89. The van der Waals surface area contributed by atoms with Gasteiger partial charge < -0.3 is 14.5 Å². The SMILES string of the molecule is Cc1cc(S(=O)(=O)[O-])c(N/N=C2/C(=O)C(C(=O)[O-])=Cc3ccccc32)cc1Cl.[Ba+2]. The normalized spacial score (nSPS) is 14.7. The van der Waals surface area contributed by atoms with E-state index in [0.717, 1.165) is 6.07 Å². The van der Waals surface area contributed by atoms with Crippen LogP contribution in [0.2, 0.25) is 5.02 Å². The molecule has 0 aromatic heterocycles. The van der Waals surface area contributed by atoms with Gasteiger partial charge in [0.25, 0.3) is 0 Å². The van der Waals surface area contributed by atoms with Crippen molar-refractivity contribution in [2.75, 3.05) is 5.43 Å². The number of hydrazone groups is 1. The average Bonchev–Trinajstić information content (AvgIpc) is 2.61. The van der Waals surface area contributed by atoms with Crippen LogP contribution in [-0.4, -0.2) is 79.3 Å². The number of nitrogens with zero attached hydrogens (tertiary/aromatic N) is 1. The van der Waals surface area contributed by atoms with Crippen molar-refractivity contribution in [2.24, 2.45) is 5.10 Å². The molecule has 29 heavy (non-hydrogen) atoms. The second kappa shape index (κ2) is 9.15. The summed E-state index contributed by atoms with van der Waals surface area (Å²) in [5.41, 5.74) is 2.34. The Morgan fingerprint density at radius 3 is 2.48 bits per heavy atom. The zero-order valence-corrected chi connectivity index (χ0v) is 20.9. The topological polar surface area (TPSA) is 139 Å². The van der Waals surface area contributed by atoms with Crippen LogP contribution in [0.15, 0.2) is 52.0 Å². The fourth-order valence-electron chi connectivity index (χ4n) is 2.64. The van der Waals surface area contributed by atoms with Crippen molar-refractivity contribution in [2.45, 2.75) is 11.8 Å². The summed E-state index contributed by atoms with van der Waals surface area (Å²) in [4.78, 5) is 23.1. The van der Waals surface area contributed by atoms with Gasteiger partial charge in [0.15, 0.2) is 0 Å². The number of ketones is 1. The van der Waals surface area contributed by atoms with Crippen LogP contribution in [0.4, 0.5) is 5.69 Å². The Bertz CT molecular complexity index is 1190. The van der Waals surface area contributed by atoms with E-state index in [1.807, 2.05) is 0 Å². The minimum atomic E-state index is -4.86. The molecule has 0 radical (unpaired) electrons. The van der Waals surface area contributed by atoms with E-state index in [1.165, 1.54) is 19.1 Å². The summed E-state index contributed by atoms with van der Waals surface area (Å²) >= 11 is 5.98. The van der Waals surface area contributed by atoms with Gasteiger partial charge in [-0.15, -0.1) is 0 Å². The molecule has 1 aliphatic rings. The second-order valence-corrected chi connectivity index (χ2v) is 7.64. The first-order valence-corrected chi connectivity index (χ1v) is 9.55. The first kappa shape index (κ1) is 23.8. The number of hydrogen-bond acceptors (Lipinski definition) is 8. The monoisotopic (exact) mass is 556 g/mol. The average molecular weight is 556 g/mol. The third-order valence-electron chi connectivity index (χ3n) is 4.01. The number of carbonyl (C=O) groups excluding carboxylic acids is 2. The van der Waals surface area contributed by atoms with Gasteiger partial charge in [0.2, 0.25) is 5.78 Å². The molecular formula is C18H11BaClN2O6S. The van der Waals surface area contributed by atoms with Crippen LogP contribution in [0.3, 0.4) is 0 Å². The number of carboxylic acids is 1. The Kier molecular flexibility index (Phi) is 7.52. The largest absolute Gasteiger partial charge is 2.00 e. The van der Waals surface area contributed by atoms with E-state index in [9.17, 15) is 27.7 Å². The summed E-state index contributed by atoms with van der Waals surface area (Å²) in [5.74, 6) is -2.59. The number of benzene rings is 2. The van der Waals surface area contributed by atoms with E-state index in [1.54, 1.807) is 24.3 Å². The Hall–Kier alpha value is -1.44. The first-order valence-electron chi connectivity index (χ1n) is 7.76. The van der Waals surface area contributed by atoms with Crippen molar-refractivity contribution in [3.05, 3.63) is 63.7 Å². The van der Waals surface area contributed by atoms with Crippen molar-refractivity contribution >= 4 is 99.8 Å². The van der Waals surface area contributed by atoms with E-state index >= 15 is 0 Å². The number of carbonyl (C=O) groups is 2. The Morgan fingerprint density at radius 2 is 1.86 bits per heavy atom. The van der Waals surface area contributed by atoms with Crippen molar-refractivity contribution < 1.29 is 27.7 Å². The molecule has 0 saturated carbocycles. The van der Waals surface area contributed by atoms with Gasteiger partial charge in [0.05, 0.1) is 16.6 Å². The smallest absolute Gasteiger partial charge is 0.744 e. The Balaban J connectivity index is 0.00000300. The van der Waals surface area contributed by atoms with Gasteiger partial charge in [0, 0.05) is 16.2 Å². The summed E-state index contributed by atoms with van der Waals surface area (Å²) in [7, 11) is -4.86. The fourth-order valence-corrected chi connectivity index (χ4v) is 3.50. The molecule has 0 unspecified atom stereocenters. The summed E-state index contributed by atoms with van der Waals surface area (Å²) in [5, 5.41) is 15.3. The van der Waals surface area contributed by atoms with Gasteiger partial charge in [-0.1, -0.05) is 35.9 Å². The number of anilines is 1. The molecule has 2 aromatic carbocycles. The number of fused-ring (bicyclic) bond motifs is 1. The van der Waals surface area contributed by atoms with Gasteiger partial charge >= 0.3 is 48.9 Å². The molecule has 144 valence electrons. The number of carboxylic acid groups (broad SMARTS) is 1. The number of aliphatic carboxylic acids is 1. The van der Waals surface area contributed by atoms with E-state index < -0.39 is 32.3 Å². The molecule has 0 fully saturated rings. The van der Waals surface area contributed by atoms with Gasteiger partial charge in [-0.2, -0.15) is 5.10 Å². The third-order valence-corrected chi connectivity index (χ3v) is 5.30. The molecule has 0 spiro atoms. The molecule has 2 aromatic rings. The standard InChI is InChI=1S/C18H13ClN2O6S.Ba/c1-9-6-15(28(25,26)27)14(8-13(9)19)20-21-16-11-5-3-2-4-10(11)7-12(17(16)22)18(23)24;/h2-8,20H,1H3,(H,23,24)(H,25,26,27);/q;+2/p-2/b21-16+;. The van der Waals surface area contributed by atoms with Crippen LogP contribution in [0, 0.1) is 6.92 Å². The van der Waals surface area contributed by atoms with E-state index in [0.29, 0.717) is 16.7 Å². The number of hydrogen-bond donors (Lipinski definition) is 1. The maximum absolute atomic E-state index is 12.5. The van der Waals surface area contributed by atoms with E-state index in [2.05, 4.69) is 10.5 Å². The summed E-state index contributed by atoms with van der Waals surface area (Å²) in [6.07, 6.45) is 1.17. The molecule has 1 aliphatic carbocycles. The molecule has 0 bridgehead atoms. The van der Waals surface area contributed by atoms with Crippen molar-refractivity contribution in [1.82, 2.24) is 0 Å². The maximum Gasteiger partial charge on any atom is 2.00 e. The number of nitrogens with one attached hydrogen (secondary N) is 1. The predicted molar refractivity (Wildman–Crippen MR) is 104 cm³/mol. The molecule has 0 amide bonds. The first-order chi connectivity index (χ1) is 13.1. The molecule has 0 saturated heterocycles. The minimum absolute atomic E-state index is 0. The third kappa shape index (κ3) is 5.01. The Labute approximate surface area is 211 Å². The summed E-state index contributed by atoms with van der Waals surface area (Å²) in [6, 6.07) is 8.65. The van der Waals surface area contributed by atoms with E-state index in [4.69, 9.17) is 11.6 Å². The maximum atomic E-state index is 12.5. The number of aryl methyl sites for hydroxylation is 1. The van der Waals surface area contributed by atoms with Crippen molar-refractivity contribution in [1.29, 1.82) is 0 Å². The van der Waals surface area contributed by atoms with E-state index in [-0.39, 0.29) is 65.3 Å². The minimum Gasteiger partial charge on any atom is -0.744 e. The van der Waals surface area contributed by atoms with Gasteiger partial charge in [0.1, 0.15) is 15.8 Å². The van der Waals surface area contributed by atoms with Crippen LogP contribution in [-0.2, 0) is 19.7 Å². The van der Waals surface area contributed by atoms with Crippen LogP contribution < -0.4 is 10.5 Å². The number of rotatable bonds is 4. The van der Waals surface area contributed by atoms with Crippen LogP contribution in [0.5, 0.6) is 0 Å². The van der Waals surface area contributed by atoms with Crippen molar-refractivity contribution in [3.63, 3.8) is 0 Å². The Morgan fingerprint density at radius 1 is 1.21 bits per heavy atom. The van der Waals surface area contributed by atoms with Crippen LogP contribution in [0.1, 0.15) is 16.7 Å². The van der Waals surface area contributed by atoms with Gasteiger partial charge in [-0.25, -0.2) is 8.42 Å². The number of Topliss-reactive ketones (excluding diaryl/α,β-unsaturated/α-hetero) is 1. The molecule has 0 heterocycles. The predicted octanol–water partition coefficient (Wildman–Crippen LogP) is 0.704. The molecule has 0 aliphatic heterocycles. The van der Waals surface area contributed by atoms with Crippen molar-refractivity contribution in [3.8, 4) is 0 Å². The fraction of sp³-hybridized carbons (Fsp3) is 0.0556. The zero-order chi connectivity index (χ0) is 20.6. The van der Waals surface area contributed by atoms with Crippen LogP contribution in [0.25, 0.3) is 6.08 Å². The molecular weight excluding hydrogens is 545 g/mol.